The van der Waals surface area contributed by atoms with Gasteiger partial charge in [-0.25, -0.2) is 0 Å². The summed E-state index contributed by atoms with van der Waals surface area (Å²) in [5.74, 6) is 0. The molecule has 0 bridgehead atoms. The van der Waals surface area contributed by atoms with E-state index in [1.54, 1.807) is 5.41 Å². The first kappa shape index (κ1) is 7.63. The first-order chi connectivity index (χ1) is 3.81. The monoisotopic (exact) mass is 129 g/mol. The highest BCUT2D eigenvalue weighted by molar-refractivity contribution is 8.05. The minimum absolute atomic E-state index is 0.930. The van der Waals surface area contributed by atoms with Gasteiger partial charge in [-0.3, -0.25) is 0 Å². The molecule has 0 spiro atoms. The molecule has 0 aliphatic heterocycles. The van der Waals surface area contributed by atoms with Crippen LogP contribution in [0.3, 0.4) is 0 Å². The molecule has 0 amide bonds. The van der Waals surface area contributed by atoms with E-state index in [4.69, 9.17) is 0 Å². The quantitative estimate of drug-likeness (QED) is 0.622. The summed E-state index contributed by atoms with van der Waals surface area (Å²) >= 11 is 1.51. The van der Waals surface area contributed by atoms with Gasteiger partial charge in [-0.15, -0.1) is 0 Å². The molecule has 0 aromatic heterocycles. The molecular formula is C6H11NS. The standard InChI is InChI=1S/C6H11NS/c1-4-7-6(3)8-5-2/h5,7H,2-4H2,1H3. The maximum atomic E-state index is 3.71. The second-order valence-electron chi connectivity index (χ2n) is 1.24. The van der Waals surface area contributed by atoms with Crippen LogP contribution in [-0.4, -0.2) is 6.54 Å². The van der Waals surface area contributed by atoms with Gasteiger partial charge < -0.3 is 5.32 Å². The highest BCUT2D eigenvalue weighted by Crippen LogP contribution is 2.08. The summed E-state index contributed by atoms with van der Waals surface area (Å²) in [6.45, 7) is 10.2. The van der Waals surface area contributed by atoms with Crippen LogP contribution in [0.25, 0.3) is 0 Å². The maximum absolute atomic E-state index is 3.71. The van der Waals surface area contributed by atoms with E-state index in [0.717, 1.165) is 11.6 Å². The molecule has 8 heavy (non-hydrogen) atoms. The average molecular weight is 129 g/mol. The van der Waals surface area contributed by atoms with Crippen molar-refractivity contribution in [3.05, 3.63) is 23.6 Å². The van der Waals surface area contributed by atoms with Gasteiger partial charge in [-0.05, 0) is 12.3 Å². The van der Waals surface area contributed by atoms with Crippen LogP contribution in [0.15, 0.2) is 23.6 Å². The second kappa shape index (κ2) is 4.78. The Labute approximate surface area is 54.9 Å². The van der Waals surface area contributed by atoms with Gasteiger partial charge in [0, 0.05) is 6.54 Å². The maximum Gasteiger partial charge on any atom is 0.0650 e. The van der Waals surface area contributed by atoms with E-state index in [2.05, 4.69) is 18.5 Å². The van der Waals surface area contributed by atoms with Crippen molar-refractivity contribution in [3.63, 3.8) is 0 Å². The van der Waals surface area contributed by atoms with E-state index >= 15 is 0 Å². The third kappa shape index (κ3) is 3.81. The molecule has 0 rings (SSSR count). The molecule has 0 aliphatic rings. The average Bonchev–Trinajstić information content (AvgIpc) is 1.68. The zero-order chi connectivity index (χ0) is 6.41. The Morgan fingerprint density at radius 1 is 1.88 bits per heavy atom. The van der Waals surface area contributed by atoms with Crippen LogP contribution in [-0.2, 0) is 0 Å². The zero-order valence-electron chi connectivity index (χ0n) is 5.11. The molecule has 46 valence electrons. The van der Waals surface area contributed by atoms with Crippen molar-refractivity contribution >= 4 is 11.8 Å². The Hall–Kier alpha value is -0.370. The van der Waals surface area contributed by atoms with Crippen LogP contribution in [0.2, 0.25) is 0 Å². The molecule has 2 heteroatoms. The molecule has 0 heterocycles. The normalized spacial score (nSPS) is 8.12. The molecule has 0 saturated heterocycles. The molecule has 0 unspecified atom stereocenters. The number of nitrogens with one attached hydrogen (secondary N) is 1. The Morgan fingerprint density at radius 2 is 2.50 bits per heavy atom. The van der Waals surface area contributed by atoms with E-state index in [1.807, 2.05) is 6.92 Å². The Kier molecular flexibility index (Phi) is 4.56. The number of thioether (sulfide) groups is 1. The van der Waals surface area contributed by atoms with Crippen molar-refractivity contribution in [2.75, 3.05) is 6.54 Å². The van der Waals surface area contributed by atoms with Gasteiger partial charge in [0.15, 0.2) is 0 Å². The van der Waals surface area contributed by atoms with Gasteiger partial charge in [-0.2, -0.15) is 0 Å². The lowest BCUT2D eigenvalue weighted by Gasteiger charge is -2.00. The highest BCUT2D eigenvalue weighted by atomic mass is 32.2. The fraction of sp³-hybridized carbons (Fsp3) is 0.333. The minimum atomic E-state index is 0.930. The first-order valence-corrected chi connectivity index (χ1v) is 3.39. The fourth-order valence-electron chi connectivity index (χ4n) is 0.339. The summed E-state index contributed by atoms with van der Waals surface area (Å²) in [5.41, 5.74) is 0. The lowest BCUT2D eigenvalue weighted by molar-refractivity contribution is 0.909. The van der Waals surface area contributed by atoms with Crippen molar-refractivity contribution in [3.8, 4) is 0 Å². The van der Waals surface area contributed by atoms with Crippen LogP contribution >= 0.6 is 11.8 Å². The van der Waals surface area contributed by atoms with Crippen LogP contribution in [0.4, 0.5) is 0 Å². The summed E-state index contributed by atoms with van der Waals surface area (Å²) < 4.78 is 0. The minimum Gasteiger partial charge on any atom is -0.380 e. The third-order valence-corrected chi connectivity index (χ3v) is 1.20. The van der Waals surface area contributed by atoms with Gasteiger partial charge in [0.2, 0.25) is 0 Å². The van der Waals surface area contributed by atoms with Crippen molar-refractivity contribution in [1.29, 1.82) is 0 Å². The molecule has 1 N–H and O–H groups in total. The van der Waals surface area contributed by atoms with E-state index in [-0.39, 0.29) is 0 Å². The molecular weight excluding hydrogens is 118 g/mol. The van der Waals surface area contributed by atoms with E-state index in [9.17, 15) is 0 Å². The van der Waals surface area contributed by atoms with Crippen molar-refractivity contribution < 1.29 is 0 Å². The Bertz CT molecular complexity index is 88.5. The van der Waals surface area contributed by atoms with Gasteiger partial charge >= 0.3 is 0 Å². The summed E-state index contributed by atoms with van der Waals surface area (Å²) in [4.78, 5) is 0. The lowest BCUT2D eigenvalue weighted by atomic mass is 10.7. The largest absolute Gasteiger partial charge is 0.380 e. The summed E-state index contributed by atoms with van der Waals surface area (Å²) in [6.07, 6.45) is 0. The summed E-state index contributed by atoms with van der Waals surface area (Å²) in [6, 6.07) is 0. The smallest absolute Gasteiger partial charge is 0.0650 e. The number of rotatable bonds is 4. The van der Waals surface area contributed by atoms with Gasteiger partial charge in [0.05, 0.1) is 5.03 Å². The van der Waals surface area contributed by atoms with E-state index in [0.29, 0.717) is 0 Å². The Balaban J connectivity index is 3.18. The first-order valence-electron chi connectivity index (χ1n) is 2.51. The zero-order valence-corrected chi connectivity index (χ0v) is 5.92. The molecule has 0 saturated carbocycles. The molecule has 1 nitrogen and oxygen atoms in total. The third-order valence-electron chi connectivity index (χ3n) is 0.600. The molecule has 0 aromatic rings. The van der Waals surface area contributed by atoms with Crippen LogP contribution in [0.5, 0.6) is 0 Å². The van der Waals surface area contributed by atoms with Gasteiger partial charge in [-0.1, -0.05) is 24.9 Å². The molecule has 0 radical (unpaired) electrons. The van der Waals surface area contributed by atoms with Crippen LogP contribution < -0.4 is 5.32 Å². The fourth-order valence-corrected chi connectivity index (χ4v) is 0.768. The van der Waals surface area contributed by atoms with Crippen molar-refractivity contribution in [2.45, 2.75) is 6.92 Å². The molecule has 0 aliphatic carbocycles. The highest BCUT2D eigenvalue weighted by Gasteiger charge is 1.82. The Morgan fingerprint density at radius 3 is 2.88 bits per heavy atom. The van der Waals surface area contributed by atoms with E-state index in [1.165, 1.54) is 11.8 Å². The van der Waals surface area contributed by atoms with Gasteiger partial charge in [0.1, 0.15) is 0 Å². The second-order valence-corrected chi connectivity index (χ2v) is 2.30. The molecule has 0 atom stereocenters. The topological polar surface area (TPSA) is 12.0 Å². The van der Waals surface area contributed by atoms with Gasteiger partial charge in [0.25, 0.3) is 0 Å². The van der Waals surface area contributed by atoms with E-state index < -0.39 is 0 Å². The predicted octanol–water partition coefficient (Wildman–Crippen LogP) is 1.94. The lowest BCUT2D eigenvalue weighted by Crippen LogP contribution is -2.07. The SMILES string of the molecule is C=CSC(=C)NCC. The number of hydrogen-bond acceptors (Lipinski definition) is 2. The van der Waals surface area contributed by atoms with Crippen LogP contribution in [0, 0.1) is 0 Å². The van der Waals surface area contributed by atoms with Crippen molar-refractivity contribution in [1.82, 2.24) is 5.32 Å². The molecule has 0 fully saturated rings. The number of hydrogen-bond donors (Lipinski definition) is 1. The van der Waals surface area contributed by atoms with Crippen molar-refractivity contribution in [2.24, 2.45) is 0 Å². The summed E-state index contributed by atoms with van der Waals surface area (Å²) in [7, 11) is 0. The molecule has 0 aromatic carbocycles. The predicted molar refractivity (Wildman–Crippen MR) is 40.6 cm³/mol. The summed E-state index contributed by atoms with van der Waals surface area (Å²) in [5, 5.41) is 5.76. The van der Waals surface area contributed by atoms with Crippen LogP contribution in [0.1, 0.15) is 6.92 Å².